The predicted octanol–water partition coefficient (Wildman–Crippen LogP) is 4.98. The van der Waals surface area contributed by atoms with Gasteiger partial charge in [0, 0.05) is 35.7 Å². The highest BCUT2D eigenvalue weighted by Crippen LogP contribution is 2.41. The van der Waals surface area contributed by atoms with Gasteiger partial charge in [-0.2, -0.15) is 4.98 Å². The van der Waals surface area contributed by atoms with Gasteiger partial charge in [-0.1, -0.05) is 18.2 Å². The minimum absolute atomic E-state index is 0.479. The summed E-state index contributed by atoms with van der Waals surface area (Å²) in [6, 6.07) is 11.4. The summed E-state index contributed by atoms with van der Waals surface area (Å²) in [5.41, 5.74) is 2.51. The van der Waals surface area contributed by atoms with Crippen molar-refractivity contribution in [2.75, 3.05) is 36.9 Å². The van der Waals surface area contributed by atoms with E-state index < -0.39 is 0 Å². The lowest BCUT2D eigenvalue weighted by molar-refractivity contribution is 0.00791. The Kier molecular flexibility index (Phi) is 5.71. The third-order valence-electron chi connectivity index (χ3n) is 7.19. The second-order valence-corrected chi connectivity index (χ2v) is 10.3. The Labute approximate surface area is 193 Å². The van der Waals surface area contributed by atoms with E-state index in [4.69, 9.17) is 14.7 Å². The summed E-state index contributed by atoms with van der Waals surface area (Å²) >= 11 is 1.86. The Morgan fingerprint density at radius 1 is 0.969 bits per heavy atom. The second-order valence-electron chi connectivity index (χ2n) is 9.22. The molecule has 1 aromatic carbocycles. The number of nitrogens with zero attached hydrogens (tertiary/aromatic N) is 3. The number of benzene rings is 1. The maximum absolute atomic E-state index is 5.54. The van der Waals surface area contributed by atoms with Crippen LogP contribution in [0.25, 0.3) is 10.2 Å². The molecule has 1 saturated heterocycles. The summed E-state index contributed by atoms with van der Waals surface area (Å²) in [5.74, 6) is 1.72. The average Bonchev–Trinajstić information content (AvgIpc) is 3.42. The molecule has 1 saturated carbocycles. The molecule has 32 heavy (non-hydrogen) atoms. The molecule has 6 nitrogen and oxygen atoms in total. The van der Waals surface area contributed by atoms with Crippen molar-refractivity contribution in [2.24, 2.45) is 0 Å². The molecule has 2 N–H and O–H groups in total. The van der Waals surface area contributed by atoms with Gasteiger partial charge in [-0.25, -0.2) is 4.98 Å². The van der Waals surface area contributed by atoms with Crippen LogP contribution in [0.2, 0.25) is 0 Å². The summed E-state index contributed by atoms with van der Waals surface area (Å²) in [6.07, 6.45) is 8.49. The van der Waals surface area contributed by atoms with Crippen molar-refractivity contribution >= 4 is 39.0 Å². The van der Waals surface area contributed by atoms with E-state index in [0.29, 0.717) is 18.0 Å². The van der Waals surface area contributed by atoms with Gasteiger partial charge in [-0.3, -0.25) is 4.90 Å². The molecule has 3 aromatic rings. The summed E-state index contributed by atoms with van der Waals surface area (Å²) in [7, 11) is 0. The van der Waals surface area contributed by atoms with E-state index in [2.05, 4.69) is 27.7 Å². The van der Waals surface area contributed by atoms with Gasteiger partial charge >= 0.3 is 0 Å². The zero-order valence-corrected chi connectivity index (χ0v) is 19.3. The third-order valence-corrected chi connectivity index (χ3v) is 8.38. The standard InChI is InChI=1S/C25H31N5OS/c1-2-5-17(6-3-1)27-25-28-23(22-20-7-4-8-21(20)32-24(22)29-25)26-18-9-11-19(12-10-18)30-13-15-31-16-14-30/h1-3,5-6,18-19H,4,7-16H2,(H2,26,27,28,29). The van der Waals surface area contributed by atoms with E-state index in [1.807, 2.05) is 29.5 Å². The van der Waals surface area contributed by atoms with Gasteiger partial charge in [0.2, 0.25) is 5.95 Å². The van der Waals surface area contributed by atoms with Crippen LogP contribution in [-0.2, 0) is 17.6 Å². The second kappa shape index (κ2) is 8.96. The largest absolute Gasteiger partial charge is 0.379 e. The van der Waals surface area contributed by atoms with Crippen LogP contribution in [0.4, 0.5) is 17.5 Å². The van der Waals surface area contributed by atoms with Crippen molar-refractivity contribution in [2.45, 2.75) is 57.0 Å². The van der Waals surface area contributed by atoms with Crippen molar-refractivity contribution in [3.8, 4) is 0 Å². The summed E-state index contributed by atoms with van der Waals surface area (Å²) in [4.78, 5) is 15.2. The number of aryl methyl sites for hydroxylation is 2. The maximum Gasteiger partial charge on any atom is 0.230 e. The molecule has 7 heteroatoms. The lowest BCUT2D eigenvalue weighted by Crippen LogP contribution is -2.46. The minimum Gasteiger partial charge on any atom is -0.379 e. The van der Waals surface area contributed by atoms with E-state index in [1.54, 1.807) is 0 Å². The predicted molar refractivity (Wildman–Crippen MR) is 131 cm³/mol. The molecule has 3 heterocycles. The molecule has 3 aliphatic rings. The first-order chi connectivity index (χ1) is 15.8. The number of nitrogens with one attached hydrogen (secondary N) is 2. The molecule has 0 radical (unpaired) electrons. The maximum atomic E-state index is 5.54. The van der Waals surface area contributed by atoms with Crippen LogP contribution in [-0.4, -0.2) is 53.3 Å². The van der Waals surface area contributed by atoms with Gasteiger partial charge in [0.15, 0.2) is 0 Å². The average molecular weight is 450 g/mol. The van der Waals surface area contributed by atoms with Crippen molar-refractivity contribution in [1.29, 1.82) is 0 Å². The molecule has 2 aliphatic carbocycles. The van der Waals surface area contributed by atoms with E-state index in [-0.39, 0.29) is 0 Å². The number of anilines is 3. The normalized spacial score (nSPS) is 23.9. The Hall–Kier alpha value is -2.22. The number of hydrogen-bond donors (Lipinski definition) is 2. The number of morpholine rings is 1. The molecule has 0 unspecified atom stereocenters. The zero-order valence-electron chi connectivity index (χ0n) is 18.5. The quantitative estimate of drug-likeness (QED) is 0.573. The minimum atomic E-state index is 0.479. The third kappa shape index (κ3) is 4.09. The number of aromatic nitrogens is 2. The van der Waals surface area contributed by atoms with Gasteiger partial charge < -0.3 is 15.4 Å². The SMILES string of the molecule is c1ccc(Nc2nc(NC3CCC(N4CCOCC4)CC3)c3c4c(sc3n2)CCC4)cc1. The summed E-state index contributed by atoms with van der Waals surface area (Å²) in [5, 5.41) is 8.55. The lowest BCUT2D eigenvalue weighted by atomic mass is 9.90. The fraction of sp³-hybridized carbons (Fsp3) is 0.520. The number of hydrogen-bond acceptors (Lipinski definition) is 7. The van der Waals surface area contributed by atoms with Gasteiger partial charge in [0.05, 0.1) is 18.6 Å². The first kappa shape index (κ1) is 20.4. The Morgan fingerprint density at radius 3 is 2.59 bits per heavy atom. The van der Waals surface area contributed by atoms with Crippen LogP contribution >= 0.6 is 11.3 Å². The highest BCUT2D eigenvalue weighted by Gasteiger charge is 2.29. The molecule has 1 aliphatic heterocycles. The Morgan fingerprint density at radius 2 is 1.78 bits per heavy atom. The van der Waals surface area contributed by atoms with Gasteiger partial charge in [-0.15, -0.1) is 11.3 Å². The molecule has 168 valence electrons. The van der Waals surface area contributed by atoms with E-state index in [9.17, 15) is 0 Å². The zero-order chi connectivity index (χ0) is 21.3. The number of ether oxygens (including phenoxy) is 1. The number of rotatable bonds is 5. The number of para-hydroxylation sites is 1. The molecule has 2 aromatic heterocycles. The first-order valence-electron chi connectivity index (χ1n) is 12.1. The van der Waals surface area contributed by atoms with Crippen molar-refractivity contribution in [3.05, 3.63) is 40.8 Å². The van der Waals surface area contributed by atoms with Crippen LogP contribution in [0.5, 0.6) is 0 Å². The molecular weight excluding hydrogens is 418 g/mol. The number of thiophene rings is 1. The van der Waals surface area contributed by atoms with E-state index >= 15 is 0 Å². The lowest BCUT2D eigenvalue weighted by Gasteiger charge is -2.39. The Bertz CT molecular complexity index is 1070. The molecule has 6 rings (SSSR count). The highest BCUT2D eigenvalue weighted by molar-refractivity contribution is 7.19. The van der Waals surface area contributed by atoms with Crippen LogP contribution in [0.1, 0.15) is 42.5 Å². The first-order valence-corrected chi connectivity index (χ1v) is 12.9. The number of fused-ring (bicyclic) bond motifs is 3. The van der Waals surface area contributed by atoms with Gasteiger partial charge in [-0.05, 0) is 62.6 Å². The van der Waals surface area contributed by atoms with Crippen LogP contribution in [0.15, 0.2) is 30.3 Å². The molecular formula is C25H31N5OS. The van der Waals surface area contributed by atoms with Crippen LogP contribution in [0.3, 0.4) is 0 Å². The highest BCUT2D eigenvalue weighted by atomic mass is 32.1. The molecule has 0 atom stereocenters. The Balaban J connectivity index is 1.23. The molecule has 0 bridgehead atoms. The summed E-state index contributed by atoms with van der Waals surface area (Å²) < 4.78 is 5.54. The van der Waals surface area contributed by atoms with Crippen LogP contribution in [0, 0.1) is 0 Å². The van der Waals surface area contributed by atoms with Gasteiger partial charge in [0.1, 0.15) is 10.6 Å². The van der Waals surface area contributed by atoms with Gasteiger partial charge in [0.25, 0.3) is 0 Å². The summed E-state index contributed by atoms with van der Waals surface area (Å²) in [6.45, 7) is 3.95. The van der Waals surface area contributed by atoms with Crippen molar-refractivity contribution in [1.82, 2.24) is 14.9 Å². The van der Waals surface area contributed by atoms with Crippen LogP contribution < -0.4 is 10.6 Å². The molecule has 2 fully saturated rings. The van der Waals surface area contributed by atoms with E-state index in [0.717, 1.165) is 49.1 Å². The molecule has 0 amide bonds. The fourth-order valence-corrected chi connectivity index (χ4v) is 6.79. The fourth-order valence-electron chi connectivity index (χ4n) is 5.53. The van der Waals surface area contributed by atoms with E-state index in [1.165, 1.54) is 54.4 Å². The molecule has 0 spiro atoms. The topological polar surface area (TPSA) is 62.3 Å². The smallest absolute Gasteiger partial charge is 0.230 e. The van der Waals surface area contributed by atoms with Crippen molar-refractivity contribution in [3.63, 3.8) is 0 Å². The van der Waals surface area contributed by atoms with Crippen molar-refractivity contribution < 1.29 is 4.74 Å². The monoisotopic (exact) mass is 449 g/mol.